The molecule has 7 N–H and O–H groups in total. The van der Waals surface area contributed by atoms with Crippen molar-refractivity contribution in [3.05, 3.63) is 74.8 Å². The van der Waals surface area contributed by atoms with Gasteiger partial charge in [-0.1, -0.05) is 26.5 Å². The molecule has 0 bridgehead atoms. The molecule has 0 spiro atoms. The molecule has 1 unspecified atom stereocenters. The number of hydrogen-bond donors (Lipinski definition) is 7. The van der Waals surface area contributed by atoms with Crippen LogP contribution in [0.15, 0.2) is 29.8 Å². The summed E-state index contributed by atoms with van der Waals surface area (Å²) in [6.07, 6.45) is 5.37. The number of rotatable bonds is 13. The van der Waals surface area contributed by atoms with E-state index < -0.39 is 11.9 Å². The second-order valence-corrected chi connectivity index (χ2v) is 13.6. The van der Waals surface area contributed by atoms with Gasteiger partial charge < -0.3 is 35.9 Å². The van der Waals surface area contributed by atoms with Gasteiger partial charge in [0.2, 0.25) is 5.91 Å². The minimum absolute atomic E-state index is 0.0163. The molecular weight excluding hydrogens is 580 g/mol. The fourth-order valence-electron chi connectivity index (χ4n) is 6.84. The molecule has 0 radical (unpaired) electrons. The first-order valence-corrected chi connectivity index (χ1v) is 16.2. The maximum atomic E-state index is 12.6. The fourth-order valence-corrected chi connectivity index (χ4v) is 7.75. The summed E-state index contributed by atoms with van der Waals surface area (Å²) in [5, 5.41) is 36.0. The molecule has 11 heteroatoms. The smallest absolute Gasteiger partial charge is 0.303 e. The first-order valence-electron chi connectivity index (χ1n) is 15.2. The maximum Gasteiger partial charge on any atom is 0.303 e. The summed E-state index contributed by atoms with van der Waals surface area (Å²) in [4.78, 5) is 42.8. The standard InChI is InChI=1S/C33H42N4O6S/c1-6-19-15(2)24(36-33(19)43)11-22-16(3)20(7-9-29(38)39)25(34-22)13-26-21(8-10-30(40)41)17(4)23(35-26)12-27-31(28-14-44-28)18(5)32(42)37-27/h6,12,15,18,24,28,31,34-36,43H,1,7-11,13-14H2,2-5H3,(H,37,42)(H,38,39)(H,40,41)/b27-12-/t15?,18-,24-,28-,31-/m1/s1. The summed E-state index contributed by atoms with van der Waals surface area (Å²) in [7, 11) is 0. The molecule has 0 aromatic carbocycles. The van der Waals surface area contributed by atoms with E-state index in [1.165, 1.54) is 0 Å². The minimum Gasteiger partial charge on any atom is -0.495 e. The molecule has 2 fully saturated rings. The Labute approximate surface area is 261 Å². The average Bonchev–Trinajstić information content (AvgIpc) is 3.53. The van der Waals surface area contributed by atoms with Crippen LogP contribution in [0.3, 0.4) is 0 Å². The number of carbonyl (C=O) groups is 3. The molecule has 3 aliphatic heterocycles. The topological polar surface area (TPSA) is 168 Å². The van der Waals surface area contributed by atoms with E-state index in [4.69, 9.17) is 0 Å². The highest BCUT2D eigenvalue weighted by molar-refractivity contribution is 8.06. The number of carboxylic acids is 2. The molecule has 236 valence electrons. The Morgan fingerprint density at radius 3 is 2.16 bits per heavy atom. The SMILES string of the molecule is C=CC1=C(O)N[C@H](Cc2[nH]c(Cc3[nH]c(/C=C4\NC(=O)[C@H](C)[C@H]4[C@H]4CS4)c(C)c3CCC(=O)O)c(CCC(=O)O)c2C)C1C. The molecule has 1 amide bonds. The van der Waals surface area contributed by atoms with Crippen molar-refractivity contribution in [2.24, 2.45) is 17.8 Å². The Balaban J connectivity index is 1.50. The van der Waals surface area contributed by atoms with Gasteiger partial charge in [-0.3, -0.25) is 14.4 Å². The van der Waals surface area contributed by atoms with Gasteiger partial charge in [0.15, 0.2) is 5.88 Å². The monoisotopic (exact) mass is 622 g/mol. The van der Waals surface area contributed by atoms with Crippen molar-refractivity contribution in [2.45, 2.75) is 77.5 Å². The van der Waals surface area contributed by atoms with Crippen LogP contribution in [-0.4, -0.2) is 60.2 Å². The van der Waals surface area contributed by atoms with E-state index >= 15 is 0 Å². The highest BCUT2D eigenvalue weighted by Crippen LogP contribution is 2.46. The Bertz CT molecular complexity index is 1560. The lowest BCUT2D eigenvalue weighted by atomic mass is 9.91. The maximum absolute atomic E-state index is 12.6. The Morgan fingerprint density at radius 2 is 1.59 bits per heavy atom. The van der Waals surface area contributed by atoms with Gasteiger partial charge in [-0.15, -0.1) is 0 Å². The lowest BCUT2D eigenvalue weighted by molar-refractivity contribution is -0.138. The Kier molecular flexibility index (Phi) is 9.06. The minimum atomic E-state index is -0.881. The lowest BCUT2D eigenvalue weighted by Crippen LogP contribution is -2.30. The zero-order valence-electron chi connectivity index (χ0n) is 25.7. The van der Waals surface area contributed by atoms with E-state index in [9.17, 15) is 29.7 Å². The van der Waals surface area contributed by atoms with Crippen molar-refractivity contribution in [3.8, 4) is 0 Å². The van der Waals surface area contributed by atoms with Gasteiger partial charge in [0, 0.05) is 94.5 Å². The molecule has 5 rings (SSSR count). The van der Waals surface area contributed by atoms with Crippen molar-refractivity contribution in [2.75, 3.05) is 5.75 Å². The van der Waals surface area contributed by atoms with Crippen LogP contribution in [-0.2, 0) is 40.1 Å². The summed E-state index contributed by atoms with van der Waals surface area (Å²) >= 11 is 1.86. The third-order valence-electron chi connectivity index (χ3n) is 9.58. The summed E-state index contributed by atoms with van der Waals surface area (Å²) in [6.45, 7) is 11.8. The van der Waals surface area contributed by atoms with Crippen LogP contribution in [0.25, 0.3) is 6.08 Å². The van der Waals surface area contributed by atoms with Crippen LogP contribution >= 0.6 is 11.8 Å². The third kappa shape index (κ3) is 6.33. The predicted molar refractivity (Wildman–Crippen MR) is 170 cm³/mol. The first-order chi connectivity index (χ1) is 20.9. The van der Waals surface area contributed by atoms with Crippen molar-refractivity contribution in [1.82, 2.24) is 20.6 Å². The van der Waals surface area contributed by atoms with E-state index in [0.29, 0.717) is 30.9 Å². The van der Waals surface area contributed by atoms with Crippen molar-refractivity contribution >= 4 is 35.7 Å². The number of amides is 1. The Hall–Kier alpha value is -3.86. The molecule has 5 atom stereocenters. The molecule has 44 heavy (non-hydrogen) atoms. The first kappa shape index (κ1) is 31.6. The van der Waals surface area contributed by atoms with Gasteiger partial charge in [0.1, 0.15) is 0 Å². The largest absolute Gasteiger partial charge is 0.495 e. The summed E-state index contributed by atoms with van der Waals surface area (Å²) in [5.41, 5.74) is 9.03. The Morgan fingerprint density at radius 1 is 0.977 bits per heavy atom. The number of thioether (sulfide) groups is 1. The van der Waals surface area contributed by atoms with Gasteiger partial charge in [-0.05, 0) is 55.0 Å². The van der Waals surface area contributed by atoms with E-state index in [0.717, 1.165) is 62.1 Å². The number of H-pyrrole nitrogens is 2. The van der Waals surface area contributed by atoms with Crippen LogP contribution in [0, 0.1) is 31.6 Å². The summed E-state index contributed by atoms with van der Waals surface area (Å²) < 4.78 is 0. The normalized spacial score (nSPS) is 25.4. The zero-order chi connectivity index (χ0) is 31.9. The van der Waals surface area contributed by atoms with Gasteiger partial charge in [0.25, 0.3) is 0 Å². The third-order valence-corrected chi connectivity index (χ3v) is 10.6. The second kappa shape index (κ2) is 12.6. The van der Waals surface area contributed by atoms with Crippen molar-refractivity contribution < 1.29 is 29.7 Å². The molecular formula is C33H42N4O6S. The van der Waals surface area contributed by atoms with Gasteiger partial charge >= 0.3 is 11.9 Å². The lowest BCUT2D eigenvalue weighted by Gasteiger charge is -2.17. The highest BCUT2D eigenvalue weighted by Gasteiger charge is 2.45. The number of aromatic nitrogens is 2. The van der Waals surface area contributed by atoms with E-state index in [1.807, 2.05) is 45.5 Å². The number of hydrogen-bond acceptors (Lipinski definition) is 6. The number of nitrogens with one attached hydrogen (secondary N) is 4. The quantitative estimate of drug-likeness (QED) is 0.160. The van der Waals surface area contributed by atoms with Gasteiger partial charge in [-0.25, -0.2) is 0 Å². The number of aliphatic carboxylic acids is 2. The molecule has 0 saturated carbocycles. The van der Waals surface area contributed by atoms with E-state index in [2.05, 4.69) is 27.2 Å². The molecule has 0 aliphatic carbocycles. The van der Waals surface area contributed by atoms with E-state index in [1.54, 1.807) is 6.08 Å². The molecule has 2 aromatic rings. The van der Waals surface area contributed by atoms with E-state index in [-0.39, 0.29) is 48.4 Å². The molecule has 2 saturated heterocycles. The molecule has 5 heterocycles. The molecule has 3 aliphatic rings. The van der Waals surface area contributed by atoms with Gasteiger partial charge in [-0.2, -0.15) is 11.8 Å². The predicted octanol–water partition coefficient (Wildman–Crippen LogP) is 4.53. The fraction of sp³-hybridized carbons (Fsp3) is 0.485. The van der Waals surface area contributed by atoms with Crippen LogP contribution < -0.4 is 10.6 Å². The molecule has 10 nitrogen and oxygen atoms in total. The molecule has 2 aromatic heterocycles. The summed E-state index contributed by atoms with van der Waals surface area (Å²) in [5.74, 6) is -0.498. The van der Waals surface area contributed by atoms with Crippen LogP contribution in [0.5, 0.6) is 0 Å². The van der Waals surface area contributed by atoms with Crippen molar-refractivity contribution in [3.63, 3.8) is 0 Å². The number of aliphatic hydroxyl groups excluding tert-OH is 1. The number of carboxylic acid groups (broad SMARTS) is 2. The van der Waals surface area contributed by atoms with Crippen molar-refractivity contribution in [1.29, 1.82) is 0 Å². The average molecular weight is 623 g/mol. The summed E-state index contributed by atoms with van der Waals surface area (Å²) in [6, 6.07) is -0.0563. The van der Waals surface area contributed by atoms with Crippen LogP contribution in [0.1, 0.15) is 71.7 Å². The van der Waals surface area contributed by atoms with Gasteiger partial charge in [0.05, 0.1) is 0 Å². The number of allylic oxidation sites excluding steroid dienone is 2. The zero-order valence-corrected chi connectivity index (χ0v) is 26.5. The highest BCUT2D eigenvalue weighted by atomic mass is 32.2. The van der Waals surface area contributed by atoms with Crippen LogP contribution in [0.2, 0.25) is 0 Å². The number of carbonyl (C=O) groups excluding carboxylic acids is 1. The second-order valence-electron chi connectivity index (χ2n) is 12.3. The number of aromatic amines is 2. The van der Waals surface area contributed by atoms with Crippen LogP contribution in [0.4, 0.5) is 0 Å². The number of aliphatic hydroxyl groups is 1.